The van der Waals surface area contributed by atoms with Gasteiger partial charge in [-0.1, -0.05) is 12.1 Å². The second-order valence-corrected chi connectivity index (χ2v) is 4.86. The number of hydrogen-bond donors (Lipinski definition) is 0. The van der Waals surface area contributed by atoms with E-state index in [1.807, 2.05) is 0 Å². The van der Waals surface area contributed by atoms with Crippen molar-refractivity contribution in [3.63, 3.8) is 0 Å². The van der Waals surface area contributed by atoms with Crippen molar-refractivity contribution in [2.45, 2.75) is 6.54 Å². The maximum absolute atomic E-state index is 13.7. The highest BCUT2D eigenvalue weighted by molar-refractivity contribution is 9.10. The number of rotatable bonds is 5. The van der Waals surface area contributed by atoms with Crippen LogP contribution in [0.4, 0.5) is 4.39 Å². The van der Waals surface area contributed by atoms with E-state index in [9.17, 15) is 9.18 Å². The van der Waals surface area contributed by atoms with Gasteiger partial charge in [0.15, 0.2) is 0 Å². The first kappa shape index (κ1) is 14.0. The first-order chi connectivity index (χ1) is 9.15. The summed E-state index contributed by atoms with van der Waals surface area (Å²) >= 11 is 3.30. The van der Waals surface area contributed by atoms with E-state index in [0.29, 0.717) is 35.0 Å². The molecule has 2 aromatic rings. The zero-order valence-corrected chi connectivity index (χ0v) is 11.8. The average molecular weight is 326 g/mol. The van der Waals surface area contributed by atoms with E-state index in [2.05, 4.69) is 22.5 Å². The Labute approximate surface area is 118 Å². The first-order valence-corrected chi connectivity index (χ1v) is 6.60. The summed E-state index contributed by atoms with van der Waals surface area (Å²) in [4.78, 5) is 12.2. The van der Waals surface area contributed by atoms with Crippen LogP contribution in [0.3, 0.4) is 0 Å². The molecule has 0 atom stereocenters. The minimum absolute atomic E-state index is 0.222. The maximum Gasteiger partial charge on any atom is 0.258 e. The van der Waals surface area contributed by atoms with Crippen molar-refractivity contribution in [2.24, 2.45) is 0 Å². The van der Waals surface area contributed by atoms with Gasteiger partial charge < -0.3 is 9.30 Å². The molecule has 5 heteroatoms. The minimum Gasteiger partial charge on any atom is -0.376 e. The fraction of sp³-hybridized carbons (Fsp3) is 0.214. The summed E-state index contributed by atoms with van der Waals surface area (Å²) in [6, 6.07) is 4.49. The third kappa shape index (κ3) is 2.93. The van der Waals surface area contributed by atoms with E-state index in [-0.39, 0.29) is 5.56 Å². The zero-order valence-electron chi connectivity index (χ0n) is 10.2. The average Bonchev–Trinajstić information content (AvgIpc) is 2.40. The SMILES string of the molecule is C=CCOCCn1cc(Br)c2c(F)cccc2c1=O. The summed E-state index contributed by atoms with van der Waals surface area (Å²) < 4.78 is 21.0. The number of hydrogen-bond acceptors (Lipinski definition) is 2. The fourth-order valence-corrected chi connectivity index (χ4v) is 2.51. The van der Waals surface area contributed by atoms with Gasteiger partial charge in [0, 0.05) is 22.6 Å². The molecule has 2 rings (SSSR count). The lowest BCUT2D eigenvalue weighted by Gasteiger charge is -2.09. The summed E-state index contributed by atoms with van der Waals surface area (Å²) in [6.07, 6.45) is 3.24. The van der Waals surface area contributed by atoms with Crippen LogP contribution in [-0.4, -0.2) is 17.8 Å². The van der Waals surface area contributed by atoms with E-state index in [1.165, 1.54) is 16.7 Å². The van der Waals surface area contributed by atoms with Crippen LogP contribution in [0.5, 0.6) is 0 Å². The van der Waals surface area contributed by atoms with Crippen molar-refractivity contribution in [3.05, 3.63) is 57.7 Å². The Bertz CT molecular complexity index is 666. The van der Waals surface area contributed by atoms with Crippen LogP contribution >= 0.6 is 15.9 Å². The van der Waals surface area contributed by atoms with Crippen LogP contribution in [-0.2, 0) is 11.3 Å². The fourth-order valence-electron chi connectivity index (χ4n) is 1.86. The van der Waals surface area contributed by atoms with Crippen LogP contribution in [0.2, 0.25) is 0 Å². The Morgan fingerprint density at radius 2 is 2.26 bits per heavy atom. The van der Waals surface area contributed by atoms with Gasteiger partial charge >= 0.3 is 0 Å². The molecule has 19 heavy (non-hydrogen) atoms. The third-order valence-electron chi connectivity index (χ3n) is 2.73. The van der Waals surface area contributed by atoms with Gasteiger partial charge in [-0.15, -0.1) is 6.58 Å². The molecule has 100 valence electrons. The molecule has 0 aliphatic heterocycles. The van der Waals surface area contributed by atoms with Gasteiger partial charge in [-0.25, -0.2) is 4.39 Å². The largest absolute Gasteiger partial charge is 0.376 e. The van der Waals surface area contributed by atoms with E-state index in [0.717, 1.165) is 0 Å². The van der Waals surface area contributed by atoms with Crippen LogP contribution in [0, 0.1) is 5.82 Å². The lowest BCUT2D eigenvalue weighted by molar-refractivity contribution is 0.152. The molecule has 0 aliphatic carbocycles. The molecule has 1 heterocycles. The molecule has 0 spiro atoms. The lowest BCUT2D eigenvalue weighted by Crippen LogP contribution is -2.22. The minimum atomic E-state index is -0.406. The number of fused-ring (bicyclic) bond motifs is 1. The third-order valence-corrected chi connectivity index (χ3v) is 3.33. The number of ether oxygens (including phenoxy) is 1. The standard InChI is InChI=1S/C14H13BrFNO2/c1-2-7-19-8-6-17-9-11(15)13-10(14(17)18)4-3-5-12(13)16/h2-5,9H,1,6-8H2. The van der Waals surface area contributed by atoms with E-state index in [1.54, 1.807) is 18.3 Å². The molecular formula is C14H13BrFNO2. The molecule has 0 saturated carbocycles. The predicted molar refractivity (Wildman–Crippen MR) is 76.9 cm³/mol. The topological polar surface area (TPSA) is 31.2 Å². The highest BCUT2D eigenvalue weighted by Gasteiger charge is 2.10. The molecule has 1 aromatic heterocycles. The molecular weight excluding hydrogens is 313 g/mol. The van der Waals surface area contributed by atoms with Crippen LogP contribution < -0.4 is 5.56 Å². The van der Waals surface area contributed by atoms with Gasteiger partial charge in [0.25, 0.3) is 5.56 Å². The molecule has 0 amide bonds. The summed E-state index contributed by atoms with van der Waals surface area (Å²) in [7, 11) is 0. The monoisotopic (exact) mass is 325 g/mol. The zero-order chi connectivity index (χ0) is 13.8. The summed E-state index contributed by atoms with van der Waals surface area (Å²) in [6.45, 7) is 4.80. The molecule has 0 fully saturated rings. The number of aromatic nitrogens is 1. The van der Waals surface area contributed by atoms with E-state index in [4.69, 9.17) is 4.74 Å². The highest BCUT2D eigenvalue weighted by atomic mass is 79.9. The van der Waals surface area contributed by atoms with Gasteiger partial charge in [0.05, 0.1) is 18.6 Å². The van der Waals surface area contributed by atoms with Gasteiger partial charge in [-0.2, -0.15) is 0 Å². The Morgan fingerprint density at radius 1 is 1.47 bits per heavy atom. The summed E-state index contributed by atoms with van der Waals surface area (Å²) in [5, 5.41) is 0.675. The number of halogens is 2. The van der Waals surface area contributed by atoms with Crippen molar-refractivity contribution in [1.82, 2.24) is 4.57 Å². The van der Waals surface area contributed by atoms with Crippen molar-refractivity contribution in [2.75, 3.05) is 13.2 Å². The van der Waals surface area contributed by atoms with Crippen LogP contribution in [0.1, 0.15) is 0 Å². The first-order valence-electron chi connectivity index (χ1n) is 5.81. The molecule has 0 saturated heterocycles. The van der Waals surface area contributed by atoms with Gasteiger partial charge in [-0.3, -0.25) is 4.79 Å². The van der Waals surface area contributed by atoms with E-state index >= 15 is 0 Å². The second kappa shape index (κ2) is 6.12. The molecule has 1 aromatic carbocycles. The van der Waals surface area contributed by atoms with Crippen LogP contribution in [0.15, 0.2) is 46.3 Å². The molecule has 0 unspecified atom stereocenters. The molecule has 0 radical (unpaired) electrons. The van der Waals surface area contributed by atoms with Gasteiger partial charge in [0.2, 0.25) is 0 Å². The number of benzene rings is 1. The van der Waals surface area contributed by atoms with Crippen molar-refractivity contribution >= 4 is 26.7 Å². The molecule has 0 bridgehead atoms. The maximum atomic E-state index is 13.7. The van der Waals surface area contributed by atoms with Crippen LogP contribution in [0.25, 0.3) is 10.8 Å². The smallest absolute Gasteiger partial charge is 0.258 e. The van der Waals surface area contributed by atoms with Crippen molar-refractivity contribution in [1.29, 1.82) is 0 Å². The second-order valence-electron chi connectivity index (χ2n) is 4.00. The quantitative estimate of drug-likeness (QED) is 0.624. The van der Waals surface area contributed by atoms with Gasteiger partial charge in [0.1, 0.15) is 5.82 Å². The molecule has 0 N–H and O–H groups in total. The van der Waals surface area contributed by atoms with Crippen molar-refractivity contribution < 1.29 is 9.13 Å². The number of pyridine rings is 1. The summed E-state index contributed by atoms with van der Waals surface area (Å²) in [5.74, 6) is -0.406. The predicted octanol–water partition coefficient (Wildman–Crippen LogP) is 3.11. The number of nitrogens with zero attached hydrogens (tertiary/aromatic N) is 1. The Hall–Kier alpha value is -1.46. The Kier molecular flexibility index (Phi) is 4.50. The molecule has 0 aliphatic rings. The van der Waals surface area contributed by atoms with Gasteiger partial charge in [-0.05, 0) is 28.1 Å². The van der Waals surface area contributed by atoms with E-state index < -0.39 is 5.82 Å². The summed E-state index contributed by atoms with van der Waals surface area (Å²) in [5.41, 5.74) is -0.222. The highest BCUT2D eigenvalue weighted by Crippen LogP contribution is 2.23. The normalized spacial score (nSPS) is 10.8. The molecule has 3 nitrogen and oxygen atoms in total. The lowest BCUT2D eigenvalue weighted by atomic mass is 10.1. The Balaban J connectivity index is 2.39. The van der Waals surface area contributed by atoms with Crippen molar-refractivity contribution in [3.8, 4) is 0 Å². The Morgan fingerprint density at radius 3 is 3.00 bits per heavy atom.